The van der Waals surface area contributed by atoms with Gasteiger partial charge >= 0.3 is 0 Å². The van der Waals surface area contributed by atoms with E-state index in [4.69, 9.17) is 4.74 Å². The lowest BCUT2D eigenvalue weighted by Crippen LogP contribution is -2.59. The lowest BCUT2D eigenvalue weighted by atomic mass is 9.89. The van der Waals surface area contributed by atoms with E-state index >= 15 is 0 Å². The van der Waals surface area contributed by atoms with Crippen LogP contribution >= 0.6 is 0 Å². The number of likely N-dealkylation sites (N-methyl/N-ethyl adjacent to an activating group) is 1. The van der Waals surface area contributed by atoms with Gasteiger partial charge in [0.05, 0.1) is 13.2 Å². The molecule has 0 aromatic carbocycles. The first-order chi connectivity index (χ1) is 6.17. The molecule has 0 N–H and O–H groups in total. The van der Waals surface area contributed by atoms with E-state index in [1.807, 2.05) is 14.0 Å². The maximum Gasteiger partial charge on any atom is 0.177 e. The number of hydrogen-bond acceptors (Lipinski definition) is 3. The highest BCUT2D eigenvalue weighted by atomic mass is 16.5. The minimum atomic E-state index is -0.458. The van der Waals surface area contributed by atoms with Crippen molar-refractivity contribution in [3.05, 3.63) is 12.7 Å². The Morgan fingerprint density at radius 1 is 1.77 bits per heavy atom. The molecule has 0 amide bonds. The van der Waals surface area contributed by atoms with Crippen molar-refractivity contribution in [2.75, 3.05) is 26.8 Å². The SMILES string of the molecule is C=CC(=O)C1(CC)COCCN1C. The molecule has 1 aliphatic rings. The minimum Gasteiger partial charge on any atom is -0.378 e. The topological polar surface area (TPSA) is 29.5 Å². The number of nitrogens with zero attached hydrogens (tertiary/aromatic N) is 1. The second-order valence-electron chi connectivity index (χ2n) is 3.43. The van der Waals surface area contributed by atoms with Gasteiger partial charge in [0, 0.05) is 6.54 Å². The van der Waals surface area contributed by atoms with E-state index in [0.717, 1.165) is 13.0 Å². The van der Waals surface area contributed by atoms with E-state index in [-0.39, 0.29) is 5.78 Å². The molecule has 0 aromatic heterocycles. The van der Waals surface area contributed by atoms with Crippen LogP contribution in [0.4, 0.5) is 0 Å². The molecule has 1 fully saturated rings. The van der Waals surface area contributed by atoms with Gasteiger partial charge < -0.3 is 4.74 Å². The van der Waals surface area contributed by atoms with E-state index in [0.29, 0.717) is 13.2 Å². The fraction of sp³-hybridized carbons (Fsp3) is 0.700. The van der Waals surface area contributed by atoms with Gasteiger partial charge in [-0.2, -0.15) is 0 Å². The number of morpholine rings is 1. The summed E-state index contributed by atoms with van der Waals surface area (Å²) < 4.78 is 5.36. The second kappa shape index (κ2) is 4.03. The van der Waals surface area contributed by atoms with Crippen molar-refractivity contribution in [3.8, 4) is 0 Å². The Balaban J connectivity index is 2.88. The van der Waals surface area contributed by atoms with Crippen molar-refractivity contribution in [3.63, 3.8) is 0 Å². The second-order valence-corrected chi connectivity index (χ2v) is 3.43. The summed E-state index contributed by atoms with van der Waals surface area (Å²) in [5.74, 6) is 0.0669. The van der Waals surface area contributed by atoms with Gasteiger partial charge in [-0.25, -0.2) is 0 Å². The van der Waals surface area contributed by atoms with Crippen molar-refractivity contribution in [1.29, 1.82) is 0 Å². The van der Waals surface area contributed by atoms with E-state index in [2.05, 4.69) is 11.5 Å². The Bertz CT molecular complexity index is 215. The van der Waals surface area contributed by atoms with Crippen LogP contribution < -0.4 is 0 Å². The fourth-order valence-corrected chi connectivity index (χ4v) is 1.76. The van der Waals surface area contributed by atoms with Gasteiger partial charge in [-0.05, 0) is 19.5 Å². The molecule has 3 heteroatoms. The molecule has 0 aromatic rings. The third-order valence-corrected chi connectivity index (χ3v) is 2.87. The molecular weight excluding hydrogens is 166 g/mol. The van der Waals surface area contributed by atoms with Gasteiger partial charge in [0.1, 0.15) is 5.54 Å². The predicted molar refractivity (Wildman–Crippen MR) is 51.7 cm³/mol. The van der Waals surface area contributed by atoms with Crippen molar-refractivity contribution >= 4 is 5.78 Å². The Morgan fingerprint density at radius 2 is 2.46 bits per heavy atom. The van der Waals surface area contributed by atoms with Crippen molar-refractivity contribution in [2.24, 2.45) is 0 Å². The van der Waals surface area contributed by atoms with Gasteiger partial charge in [0.25, 0.3) is 0 Å². The minimum absolute atomic E-state index is 0.0669. The molecule has 0 radical (unpaired) electrons. The van der Waals surface area contributed by atoms with Crippen LogP contribution in [0.5, 0.6) is 0 Å². The fourth-order valence-electron chi connectivity index (χ4n) is 1.76. The van der Waals surface area contributed by atoms with Gasteiger partial charge in [0.2, 0.25) is 0 Å². The van der Waals surface area contributed by atoms with Crippen LogP contribution in [0, 0.1) is 0 Å². The lowest BCUT2D eigenvalue weighted by Gasteiger charge is -2.42. The maximum absolute atomic E-state index is 11.7. The number of ketones is 1. The number of hydrogen-bond donors (Lipinski definition) is 0. The monoisotopic (exact) mass is 183 g/mol. The summed E-state index contributed by atoms with van der Waals surface area (Å²) in [6.45, 7) is 7.55. The van der Waals surface area contributed by atoms with E-state index in [1.165, 1.54) is 6.08 Å². The van der Waals surface area contributed by atoms with Crippen molar-refractivity contribution in [1.82, 2.24) is 4.90 Å². The largest absolute Gasteiger partial charge is 0.378 e. The van der Waals surface area contributed by atoms with Crippen LogP contribution in [-0.2, 0) is 9.53 Å². The average Bonchev–Trinajstić information content (AvgIpc) is 2.18. The van der Waals surface area contributed by atoms with Crippen molar-refractivity contribution < 1.29 is 9.53 Å². The van der Waals surface area contributed by atoms with Crippen molar-refractivity contribution in [2.45, 2.75) is 18.9 Å². The first kappa shape index (κ1) is 10.4. The average molecular weight is 183 g/mol. The Labute approximate surface area is 79.4 Å². The number of ether oxygens (including phenoxy) is 1. The predicted octanol–water partition coefficient (Wildman–Crippen LogP) is 0.852. The summed E-state index contributed by atoms with van der Waals surface area (Å²) in [5, 5.41) is 0. The molecule has 1 rings (SSSR count). The summed E-state index contributed by atoms with van der Waals surface area (Å²) in [7, 11) is 1.97. The van der Waals surface area contributed by atoms with Gasteiger partial charge in [-0.1, -0.05) is 13.5 Å². The van der Waals surface area contributed by atoms with E-state index in [1.54, 1.807) is 0 Å². The Kier molecular flexibility index (Phi) is 3.22. The Hall–Kier alpha value is -0.670. The lowest BCUT2D eigenvalue weighted by molar-refractivity contribution is -0.137. The van der Waals surface area contributed by atoms with E-state index in [9.17, 15) is 4.79 Å². The van der Waals surface area contributed by atoms with Gasteiger partial charge in [-0.3, -0.25) is 9.69 Å². The number of rotatable bonds is 3. The van der Waals surface area contributed by atoms with Crippen LogP contribution in [0.1, 0.15) is 13.3 Å². The van der Waals surface area contributed by atoms with Crippen LogP contribution in [0.15, 0.2) is 12.7 Å². The Morgan fingerprint density at radius 3 is 2.92 bits per heavy atom. The zero-order valence-electron chi connectivity index (χ0n) is 8.38. The first-order valence-corrected chi connectivity index (χ1v) is 4.63. The van der Waals surface area contributed by atoms with Gasteiger partial charge in [0.15, 0.2) is 5.78 Å². The van der Waals surface area contributed by atoms with Crippen LogP contribution in [0.25, 0.3) is 0 Å². The maximum atomic E-state index is 11.7. The smallest absolute Gasteiger partial charge is 0.177 e. The zero-order valence-corrected chi connectivity index (χ0v) is 8.38. The summed E-state index contributed by atoms with van der Waals surface area (Å²) in [5.41, 5.74) is -0.458. The molecular formula is C10H17NO2. The third-order valence-electron chi connectivity index (χ3n) is 2.87. The highest BCUT2D eigenvalue weighted by Crippen LogP contribution is 2.23. The molecule has 1 saturated heterocycles. The molecule has 0 saturated carbocycles. The quantitative estimate of drug-likeness (QED) is 0.608. The first-order valence-electron chi connectivity index (χ1n) is 4.63. The van der Waals surface area contributed by atoms with Gasteiger partial charge in [-0.15, -0.1) is 0 Å². The highest BCUT2D eigenvalue weighted by molar-refractivity contribution is 5.97. The summed E-state index contributed by atoms with van der Waals surface area (Å²) in [6, 6.07) is 0. The summed E-state index contributed by atoms with van der Waals surface area (Å²) in [6.07, 6.45) is 2.17. The summed E-state index contributed by atoms with van der Waals surface area (Å²) >= 11 is 0. The number of carbonyl (C=O) groups is 1. The summed E-state index contributed by atoms with van der Waals surface area (Å²) in [4.78, 5) is 13.8. The molecule has 0 aliphatic carbocycles. The standard InChI is InChI=1S/C10H17NO2/c1-4-9(12)10(5-2)8-13-7-6-11(10)3/h4H,1,5-8H2,2-3H3. The van der Waals surface area contributed by atoms with Crippen LogP contribution in [-0.4, -0.2) is 43.0 Å². The van der Waals surface area contributed by atoms with E-state index < -0.39 is 5.54 Å². The van der Waals surface area contributed by atoms with Crippen LogP contribution in [0.2, 0.25) is 0 Å². The molecule has 1 unspecified atom stereocenters. The number of carbonyl (C=O) groups excluding carboxylic acids is 1. The molecule has 1 heterocycles. The molecule has 1 aliphatic heterocycles. The third kappa shape index (κ3) is 1.67. The molecule has 13 heavy (non-hydrogen) atoms. The normalized spacial score (nSPS) is 30.0. The molecule has 0 spiro atoms. The zero-order chi connectivity index (χ0) is 9.90. The molecule has 1 atom stereocenters. The highest BCUT2D eigenvalue weighted by Gasteiger charge is 2.41. The van der Waals surface area contributed by atoms with Crippen LogP contribution in [0.3, 0.4) is 0 Å². The molecule has 3 nitrogen and oxygen atoms in total. The molecule has 0 bridgehead atoms. The molecule has 74 valence electrons.